The van der Waals surface area contributed by atoms with Crippen molar-refractivity contribution < 1.29 is 14.3 Å². The predicted octanol–water partition coefficient (Wildman–Crippen LogP) is -0.155. The van der Waals surface area contributed by atoms with Crippen LogP contribution in [0.2, 0.25) is 0 Å². The molecule has 6 nitrogen and oxygen atoms in total. The van der Waals surface area contributed by atoms with Gasteiger partial charge in [-0.25, -0.2) is 4.79 Å². The summed E-state index contributed by atoms with van der Waals surface area (Å²) in [5, 5.41) is 7.63. The molecular formula is C11H21N3O3. The van der Waals surface area contributed by atoms with Gasteiger partial charge < -0.3 is 15.4 Å². The summed E-state index contributed by atoms with van der Waals surface area (Å²) in [6.07, 6.45) is 1.49. The molecule has 17 heavy (non-hydrogen) atoms. The quantitative estimate of drug-likeness (QED) is 0.627. The lowest BCUT2D eigenvalue weighted by Crippen LogP contribution is -2.46. The van der Waals surface area contributed by atoms with Crippen LogP contribution in [0.1, 0.15) is 19.8 Å². The SMILES string of the molecule is CNCC1CC(OC(C)C(=O)NC(=O)NC)C1. The Labute approximate surface area is 101 Å². The van der Waals surface area contributed by atoms with E-state index < -0.39 is 18.0 Å². The fraction of sp³-hybridized carbons (Fsp3) is 0.818. The molecule has 1 aliphatic rings. The Morgan fingerprint density at radius 2 is 2.00 bits per heavy atom. The molecule has 1 unspecified atom stereocenters. The monoisotopic (exact) mass is 243 g/mol. The molecule has 0 saturated heterocycles. The van der Waals surface area contributed by atoms with Gasteiger partial charge in [0.2, 0.25) is 0 Å². The molecule has 0 spiro atoms. The van der Waals surface area contributed by atoms with Crippen LogP contribution < -0.4 is 16.0 Å². The van der Waals surface area contributed by atoms with Crippen LogP contribution in [0.3, 0.4) is 0 Å². The third-order valence-corrected chi connectivity index (χ3v) is 2.91. The van der Waals surface area contributed by atoms with Gasteiger partial charge in [0.1, 0.15) is 6.10 Å². The van der Waals surface area contributed by atoms with Crippen LogP contribution in [-0.2, 0) is 9.53 Å². The first-order valence-electron chi connectivity index (χ1n) is 5.89. The van der Waals surface area contributed by atoms with Crippen molar-refractivity contribution in [2.45, 2.75) is 32.0 Å². The lowest BCUT2D eigenvalue weighted by atomic mass is 9.82. The van der Waals surface area contributed by atoms with Crippen molar-refractivity contribution in [2.75, 3.05) is 20.6 Å². The van der Waals surface area contributed by atoms with Crippen LogP contribution in [0.5, 0.6) is 0 Å². The molecule has 0 aromatic rings. The molecule has 0 aromatic heterocycles. The van der Waals surface area contributed by atoms with Gasteiger partial charge in [0, 0.05) is 7.05 Å². The van der Waals surface area contributed by atoms with Gasteiger partial charge >= 0.3 is 6.03 Å². The van der Waals surface area contributed by atoms with Crippen LogP contribution in [-0.4, -0.2) is 44.8 Å². The van der Waals surface area contributed by atoms with Gasteiger partial charge in [-0.2, -0.15) is 0 Å². The Kier molecular flexibility index (Phi) is 5.37. The topological polar surface area (TPSA) is 79.5 Å². The molecule has 0 radical (unpaired) electrons. The van der Waals surface area contributed by atoms with Crippen molar-refractivity contribution in [1.29, 1.82) is 0 Å². The number of amides is 3. The Bertz CT molecular complexity index is 277. The number of carbonyl (C=O) groups excluding carboxylic acids is 2. The Hall–Kier alpha value is -1.14. The van der Waals surface area contributed by atoms with E-state index in [-0.39, 0.29) is 6.10 Å². The second-order valence-corrected chi connectivity index (χ2v) is 4.36. The molecule has 6 heteroatoms. The lowest BCUT2D eigenvalue weighted by molar-refractivity contribution is -0.140. The van der Waals surface area contributed by atoms with E-state index in [2.05, 4.69) is 16.0 Å². The predicted molar refractivity (Wildman–Crippen MR) is 63.6 cm³/mol. The van der Waals surface area contributed by atoms with Gasteiger partial charge in [0.15, 0.2) is 0 Å². The maximum Gasteiger partial charge on any atom is 0.321 e. The maximum atomic E-state index is 11.5. The average Bonchev–Trinajstić information content (AvgIpc) is 2.25. The largest absolute Gasteiger partial charge is 0.365 e. The van der Waals surface area contributed by atoms with Crippen LogP contribution in [0, 0.1) is 5.92 Å². The molecule has 1 aliphatic carbocycles. The fourth-order valence-electron chi connectivity index (χ4n) is 1.87. The summed E-state index contributed by atoms with van der Waals surface area (Å²) in [6, 6.07) is -0.507. The first-order valence-corrected chi connectivity index (χ1v) is 5.89. The Balaban J connectivity index is 2.19. The molecule has 0 aromatic carbocycles. The van der Waals surface area contributed by atoms with E-state index in [0.29, 0.717) is 5.92 Å². The van der Waals surface area contributed by atoms with Crippen molar-refractivity contribution in [2.24, 2.45) is 5.92 Å². The van der Waals surface area contributed by atoms with E-state index in [4.69, 9.17) is 4.74 Å². The summed E-state index contributed by atoms with van der Waals surface area (Å²) in [6.45, 7) is 2.64. The maximum absolute atomic E-state index is 11.5. The van der Waals surface area contributed by atoms with Gasteiger partial charge in [0.05, 0.1) is 6.10 Å². The van der Waals surface area contributed by atoms with Gasteiger partial charge in [-0.1, -0.05) is 0 Å². The fourth-order valence-corrected chi connectivity index (χ4v) is 1.87. The molecule has 1 atom stereocenters. The highest BCUT2D eigenvalue weighted by Gasteiger charge is 2.32. The normalized spacial score (nSPS) is 24.6. The van der Waals surface area contributed by atoms with Gasteiger partial charge in [-0.15, -0.1) is 0 Å². The Morgan fingerprint density at radius 3 is 2.53 bits per heavy atom. The summed E-state index contributed by atoms with van der Waals surface area (Å²) in [4.78, 5) is 22.4. The Morgan fingerprint density at radius 1 is 1.35 bits per heavy atom. The molecule has 1 fully saturated rings. The summed E-state index contributed by atoms with van der Waals surface area (Å²) in [5.74, 6) is 0.237. The number of ether oxygens (including phenoxy) is 1. The molecule has 3 N–H and O–H groups in total. The van der Waals surface area contributed by atoms with Gasteiger partial charge in [0.25, 0.3) is 5.91 Å². The second-order valence-electron chi connectivity index (χ2n) is 4.36. The van der Waals surface area contributed by atoms with E-state index in [1.54, 1.807) is 6.92 Å². The van der Waals surface area contributed by atoms with E-state index in [1.807, 2.05) is 7.05 Å². The highest BCUT2D eigenvalue weighted by molar-refractivity contribution is 5.96. The highest BCUT2D eigenvalue weighted by atomic mass is 16.5. The van der Waals surface area contributed by atoms with Crippen LogP contribution in [0.15, 0.2) is 0 Å². The third kappa shape index (κ3) is 4.32. The van der Waals surface area contributed by atoms with Gasteiger partial charge in [-0.05, 0) is 39.3 Å². The zero-order valence-corrected chi connectivity index (χ0v) is 10.6. The van der Waals surface area contributed by atoms with Crippen molar-refractivity contribution >= 4 is 11.9 Å². The number of nitrogens with one attached hydrogen (secondary N) is 3. The number of carbonyl (C=O) groups is 2. The van der Waals surface area contributed by atoms with Crippen LogP contribution >= 0.6 is 0 Å². The minimum absolute atomic E-state index is 0.138. The molecule has 3 amide bonds. The van der Waals surface area contributed by atoms with E-state index in [1.165, 1.54) is 7.05 Å². The smallest absolute Gasteiger partial charge is 0.321 e. The molecule has 98 valence electrons. The van der Waals surface area contributed by atoms with Crippen molar-refractivity contribution in [3.8, 4) is 0 Å². The van der Waals surface area contributed by atoms with E-state index in [9.17, 15) is 9.59 Å². The van der Waals surface area contributed by atoms with E-state index >= 15 is 0 Å². The molecule has 0 aliphatic heterocycles. The van der Waals surface area contributed by atoms with Crippen molar-refractivity contribution in [3.05, 3.63) is 0 Å². The van der Waals surface area contributed by atoms with Crippen molar-refractivity contribution in [1.82, 2.24) is 16.0 Å². The number of rotatable bonds is 5. The third-order valence-electron chi connectivity index (χ3n) is 2.91. The minimum atomic E-state index is -0.590. The van der Waals surface area contributed by atoms with Crippen LogP contribution in [0.4, 0.5) is 4.79 Å². The minimum Gasteiger partial charge on any atom is -0.365 e. The number of hydrogen-bond donors (Lipinski definition) is 3. The lowest BCUT2D eigenvalue weighted by Gasteiger charge is -2.36. The second kappa shape index (κ2) is 6.56. The first kappa shape index (κ1) is 13.9. The zero-order chi connectivity index (χ0) is 12.8. The summed E-state index contributed by atoms with van der Waals surface area (Å²) in [5.41, 5.74) is 0. The molecule has 0 heterocycles. The highest BCUT2D eigenvalue weighted by Crippen LogP contribution is 2.30. The average molecular weight is 243 g/mol. The summed E-state index contributed by atoms with van der Waals surface area (Å²) < 4.78 is 5.55. The number of urea groups is 1. The standard InChI is InChI=1S/C11H21N3O3/c1-7(10(15)14-11(16)13-3)17-9-4-8(5-9)6-12-2/h7-9,12H,4-6H2,1-3H3,(H2,13,14,15,16). The molecular weight excluding hydrogens is 222 g/mol. The summed E-state index contributed by atoms with van der Waals surface area (Å²) in [7, 11) is 3.38. The van der Waals surface area contributed by atoms with Crippen LogP contribution in [0.25, 0.3) is 0 Å². The number of hydrogen-bond acceptors (Lipinski definition) is 4. The molecule has 0 bridgehead atoms. The zero-order valence-electron chi connectivity index (χ0n) is 10.6. The van der Waals surface area contributed by atoms with Gasteiger partial charge in [-0.3, -0.25) is 10.1 Å². The first-order chi connectivity index (χ1) is 8.06. The summed E-state index contributed by atoms with van der Waals surface area (Å²) >= 11 is 0. The van der Waals surface area contributed by atoms with Crippen molar-refractivity contribution in [3.63, 3.8) is 0 Å². The number of imide groups is 1. The molecule has 1 rings (SSSR count). The molecule has 1 saturated carbocycles. The van der Waals surface area contributed by atoms with E-state index in [0.717, 1.165) is 19.4 Å².